The van der Waals surface area contributed by atoms with Gasteiger partial charge in [0.1, 0.15) is 11.6 Å². The van der Waals surface area contributed by atoms with Gasteiger partial charge in [-0.25, -0.2) is 9.78 Å². The van der Waals surface area contributed by atoms with Gasteiger partial charge in [0.25, 0.3) is 5.91 Å². The monoisotopic (exact) mass is 427 g/mol. The summed E-state index contributed by atoms with van der Waals surface area (Å²) in [5.74, 6) is 1.45. The molecular weight excluding hydrogens is 406 g/mol. The highest BCUT2D eigenvalue weighted by molar-refractivity contribution is 6.19. The van der Waals surface area contributed by atoms with Crippen LogP contribution in [0.1, 0.15) is 27.8 Å². The fourth-order valence-electron chi connectivity index (χ4n) is 4.06. The Bertz CT molecular complexity index is 1350. The molecule has 1 unspecified atom stereocenters. The standard InChI is InChI=1S/C24H21N5O3/c1-25-23(30)15-6-9-21-20(12-15)26-22(11-14-4-3-5-17(10-14)32-2)29(21)16-7-8-18-19(13-16)28-24(31)27-18/h3-10,12-13,16H,11H2,1-2H3,(H,25,30)(H,28,31). The van der Waals surface area contributed by atoms with Crippen molar-refractivity contribution in [1.82, 2.24) is 20.2 Å². The molecule has 1 aromatic heterocycles. The van der Waals surface area contributed by atoms with Gasteiger partial charge in [0, 0.05) is 19.0 Å². The number of rotatable bonds is 5. The third kappa shape index (κ3) is 3.45. The van der Waals surface area contributed by atoms with E-state index in [-0.39, 0.29) is 18.0 Å². The highest BCUT2D eigenvalue weighted by atomic mass is 16.5. The SMILES string of the molecule is CNC(=O)c1ccc2c(c1)nc(Cc1cccc(OC)c1)n2C1C=CC2=NC(=O)NC2=C1. The van der Waals surface area contributed by atoms with Crippen LogP contribution in [0.15, 0.2) is 71.4 Å². The molecule has 0 spiro atoms. The van der Waals surface area contributed by atoms with E-state index < -0.39 is 0 Å². The zero-order chi connectivity index (χ0) is 22.2. The van der Waals surface area contributed by atoms with Crippen molar-refractivity contribution in [3.8, 4) is 5.75 Å². The lowest BCUT2D eigenvalue weighted by Crippen LogP contribution is -2.20. The summed E-state index contributed by atoms with van der Waals surface area (Å²) in [5, 5.41) is 5.43. The molecule has 1 aliphatic carbocycles. The molecule has 8 nitrogen and oxygen atoms in total. The molecule has 0 bridgehead atoms. The number of carbonyl (C=O) groups is 2. The van der Waals surface area contributed by atoms with Crippen LogP contribution in [0.25, 0.3) is 11.0 Å². The molecule has 2 N–H and O–H groups in total. The first-order chi connectivity index (χ1) is 15.6. The molecule has 3 amide bonds. The zero-order valence-corrected chi connectivity index (χ0v) is 17.6. The van der Waals surface area contributed by atoms with Crippen LogP contribution in [0.5, 0.6) is 5.75 Å². The fraction of sp³-hybridized carbons (Fsp3) is 0.167. The minimum Gasteiger partial charge on any atom is -0.497 e. The summed E-state index contributed by atoms with van der Waals surface area (Å²) < 4.78 is 7.48. The van der Waals surface area contributed by atoms with E-state index in [1.165, 1.54) is 0 Å². The summed E-state index contributed by atoms with van der Waals surface area (Å²) in [6.45, 7) is 0. The number of hydrogen-bond donors (Lipinski definition) is 2. The van der Waals surface area contributed by atoms with E-state index in [4.69, 9.17) is 9.72 Å². The number of urea groups is 1. The van der Waals surface area contributed by atoms with E-state index in [0.29, 0.717) is 23.4 Å². The van der Waals surface area contributed by atoms with Crippen LogP contribution in [0.4, 0.5) is 4.79 Å². The molecule has 0 fully saturated rings. The highest BCUT2D eigenvalue weighted by Crippen LogP contribution is 2.29. The van der Waals surface area contributed by atoms with Gasteiger partial charge in [0.2, 0.25) is 0 Å². The fourth-order valence-corrected chi connectivity index (χ4v) is 4.06. The molecule has 0 saturated heterocycles. The van der Waals surface area contributed by atoms with Crippen LogP contribution in [0.2, 0.25) is 0 Å². The number of allylic oxidation sites excluding steroid dienone is 3. The van der Waals surface area contributed by atoms with Crippen molar-refractivity contribution in [1.29, 1.82) is 0 Å². The first-order valence-electron chi connectivity index (χ1n) is 10.2. The first kappa shape index (κ1) is 19.7. The Hall–Kier alpha value is -4.20. The van der Waals surface area contributed by atoms with Crippen LogP contribution < -0.4 is 15.4 Å². The predicted octanol–water partition coefficient (Wildman–Crippen LogP) is 3.15. The third-order valence-corrected chi connectivity index (χ3v) is 5.57. The second kappa shape index (κ2) is 7.81. The Morgan fingerprint density at radius 3 is 2.94 bits per heavy atom. The van der Waals surface area contributed by atoms with Crippen molar-refractivity contribution in [3.05, 3.63) is 83.3 Å². The number of nitrogens with one attached hydrogen (secondary N) is 2. The van der Waals surface area contributed by atoms with Crippen LogP contribution in [0, 0.1) is 0 Å². The molecule has 32 heavy (non-hydrogen) atoms. The molecule has 2 aliphatic rings. The Balaban J connectivity index is 1.62. The maximum atomic E-state index is 12.1. The number of aromatic nitrogens is 2. The van der Waals surface area contributed by atoms with Crippen LogP contribution in [0.3, 0.4) is 0 Å². The predicted molar refractivity (Wildman–Crippen MR) is 121 cm³/mol. The summed E-state index contributed by atoms with van der Waals surface area (Å²) in [7, 11) is 3.25. The number of carbonyl (C=O) groups excluding carboxylic acids is 2. The average Bonchev–Trinajstić information content (AvgIpc) is 3.36. The number of nitrogens with zero attached hydrogens (tertiary/aromatic N) is 3. The number of fused-ring (bicyclic) bond motifs is 2. The van der Waals surface area contributed by atoms with Gasteiger partial charge in [-0.15, -0.1) is 0 Å². The van der Waals surface area contributed by atoms with Crippen molar-refractivity contribution in [3.63, 3.8) is 0 Å². The summed E-state index contributed by atoms with van der Waals surface area (Å²) in [4.78, 5) is 32.6. The number of methoxy groups -OCH3 is 1. The normalized spacial score (nSPS) is 16.9. The Morgan fingerprint density at radius 2 is 2.12 bits per heavy atom. The maximum Gasteiger partial charge on any atom is 0.346 e. The third-order valence-electron chi connectivity index (χ3n) is 5.57. The first-order valence-corrected chi connectivity index (χ1v) is 10.2. The molecule has 0 saturated carbocycles. The molecule has 1 atom stereocenters. The Morgan fingerprint density at radius 1 is 1.25 bits per heavy atom. The van der Waals surface area contributed by atoms with Gasteiger partial charge in [-0.2, -0.15) is 4.99 Å². The Labute approximate surface area is 184 Å². The largest absolute Gasteiger partial charge is 0.497 e. The molecule has 2 heterocycles. The molecule has 0 radical (unpaired) electrons. The smallest absolute Gasteiger partial charge is 0.346 e. The van der Waals surface area contributed by atoms with Gasteiger partial charge < -0.3 is 19.9 Å². The lowest BCUT2D eigenvalue weighted by Gasteiger charge is -2.19. The molecule has 8 heteroatoms. The molecule has 160 valence electrons. The molecule has 5 rings (SSSR count). The van der Waals surface area contributed by atoms with Crippen molar-refractivity contribution in [2.45, 2.75) is 12.5 Å². The van der Waals surface area contributed by atoms with Gasteiger partial charge in [0.05, 0.1) is 35.6 Å². The number of imidazole rings is 1. The Kier molecular flexibility index (Phi) is 4.82. The summed E-state index contributed by atoms with van der Waals surface area (Å²) in [6, 6.07) is 12.8. The molecular formula is C24H21N5O3. The van der Waals surface area contributed by atoms with Crippen LogP contribution in [-0.2, 0) is 6.42 Å². The lowest BCUT2D eigenvalue weighted by atomic mass is 10.0. The number of aliphatic imine (C=N–C) groups is 1. The van der Waals surface area contributed by atoms with Gasteiger partial charge in [0.15, 0.2) is 0 Å². The summed E-state index contributed by atoms with van der Waals surface area (Å²) >= 11 is 0. The molecule has 3 aromatic rings. The van der Waals surface area contributed by atoms with E-state index in [1.54, 1.807) is 26.3 Å². The molecule has 1 aliphatic heterocycles. The number of ether oxygens (including phenoxy) is 1. The van der Waals surface area contributed by atoms with Gasteiger partial charge in [-0.05, 0) is 48.0 Å². The second-order valence-corrected chi connectivity index (χ2v) is 7.57. The van der Waals surface area contributed by atoms with E-state index in [2.05, 4.69) is 20.2 Å². The van der Waals surface area contributed by atoms with Crippen molar-refractivity contribution in [2.75, 3.05) is 14.2 Å². The number of benzene rings is 2. The summed E-state index contributed by atoms with van der Waals surface area (Å²) in [5.41, 5.74) is 4.55. The second-order valence-electron chi connectivity index (χ2n) is 7.57. The van der Waals surface area contributed by atoms with Crippen LogP contribution >= 0.6 is 0 Å². The quantitative estimate of drug-likeness (QED) is 0.654. The van der Waals surface area contributed by atoms with E-state index in [0.717, 1.165) is 28.2 Å². The van der Waals surface area contributed by atoms with E-state index in [9.17, 15) is 9.59 Å². The highest BCUT2D eigenvalue weighted by Gasteiger charge is 2.25. The van der Waals surface area contributed by atoms with Crippen molar-refractivity contribution >= 4 is 28.7 Å². The van der Waals surface area contributed by atoms with Gasteiger partial charge >= 0.3 is 6.03 Å². The summed E-state index contributed by atoms with van der Waals surface area (Å²) in [6.07, 6.45) is 6.37. The van der Waals surface area contributed by atoms with Crippen LogP contribution in [-0.4, -0.2) is 41.4 Å². The van der Waals surface area contributed by atoms with E-state index in [1.807, 2.05) is 48.6 Å². The number of amides is 3. The average molecular weight is 427 g/mol. The number of hydrogen-bond acceptors (Lipinski definition) is 4. The minimum atomic E-state index is -0.362. The minimum absolute atomic E-state index is 0.162. The van der Waals surface area contributed by atoms with Gasteiger partial charge in [-0.3, -0.25) is 4.79 Å². The van der Waals surface area contributed by atoms with Crippen molar-refractivity contribution < 1.29 is 14.3 Å². The lowest BCUT2D eigenvalue weighted by molar-refractivity contribution is 0.0963. The van der Waals surface area contributed by atoms with Gasteiger partial charge in [-0.1, -0.05) is 18.2 Å². The van der Waals surface area contributed by atoms with Crippen molar-refractivity contribution in [2.24, 2.45) is 4.99 Å². The topological polar surface area (TPSA) is 97.6 Å². The van der Waals surface area contributed by atoms with E-state index >= 15 is 0 Å². The zero-order valence-electron chi connectivity index (χ0n) is 17.6. The molecule has 2 aromatic carbocycles. The maximum absolute atomic E-state index is 12.1.